The first kappa shape index (κ1) is 12.8. The number of nitrogens with one attached hydrogen (secondary N) is 1. The van der Waals surface area contributed by atoms with E-state index in [1.807, 2.05) is 17.0 Å². The maximum atomic E-state index is 12.5. The lowest BCUT2D eigenvalue weighted by Gasteiger charge is -2.32. The van der Waals surface area contributed by atoms with Crippen molar-refractivity contribution in [2.45, 2.75) is 6.04 Å². The Kier molecular flexibility index (Phi) is 3.23. The summed E-state index contributed by atoms with van der Waals surface area (Å²) in [5, 5.41) is 13.7. The number of hydrogen-bond acceptors (Lipinski definition) is 5. The zero-order valence-corrected chi connectivity index (χ0v) is 10.9. The van der Waals surface area contributed by atoms with Crippen LogP contribution in [-0.2, 0) is 9.59 Å². The Labute approximate surface area is 115 Å². The van der Waals surface area contributed by atoms with Gasteiger partial charge in [-0.3, -0.25) is 9.79 Å². The van der Waals surface area contributed by atoms with Crippen molar-refractivity contribution in [3.63, 3.8) is 0 Å². The highest BCUT2D eigenvalue weighted by Gasteiger charge is 2.34. The fourth-order valence-electron chi connectivity index (χ4n) is 2.63. The van der Waals surface area contributed by atoms with Crippen LogP contribution in [0.5, 0.6) is 0 Å². The number of rotatable bonds is 2. The van der Waals surface area contributed by atoms with E-state index in [-0.39, 0.29) is 0 Å². The van der Waals surface area contributed by atoms with E-state index < -0.39 is 17.8 Å². The van der Waals surface area contributed by atoms with Crippen LogP contribution in [0.1, 0.15) is 0 Å². The second-order valence-electron chi connectivity index (χ2n) is 4.84. The molecule has 0 radical (unpaired) electrons. The molecule has 0 aliphatic carbocycles. The number of carbonyl (C=O) groups is 2. The number of carboxylic acid groups (broad SMARTS) is 1. The Morgan fingerprint density at radius 1 is 1.30 bits per heavy atom. The van der Waals surface area contributed by atoms with Crippen molar-refractivity contribution in [2.24, 2.45) is 4.99 Å². The predicted molar refractivity (Wildman–Crippen MR) is 71.5 cm³/mol. The molecular weight excluding hydrogens is 258 g/mol. The minimum Gasteiger partial charge on any atom is -0.479 e. The van der Waals surface area contributed by atoms with Gasteiger partial charge >= 0.3 is 5.97 Å². The first-order chi connectivity index (χ1) is 9.68. The van der Waals surface area contributed by atoms with E-state index in [9.17, 15) is 14.7 Å². The van der Waals surface area contributed by atoms with Crippen LogP contribution in [0, 0.1) is 0 Å². The van der Waals surface area contributed by atoms with E-state index in [0.717, 1.165) is 18.3 Å². The summed E-state index contributed by atoms with van der Waals surface area (Å²) < 4.78 is 0. The SMILES string of the molecule is O=C(O)C1N=c2ccccc2=C(N2CCNCC2)C1=O. The average molecular weight is 273 g/mol. The third-order valence-corrected chi connectivity index (χ3v) is 3.58. The van der Waals surface area contributed by atoms with Gasteiger partial charge in [0, 0.05) is 31.4 Å². The van der Waals surface area contributed by atoms with E-state index in [4.69, 9.17) is 0 Å². The molecule has 0 spiro atoms. The molecule has 0 aromatic heterocycles. The fourth-order valence-corrected chi connectivity index (χ4v) is 2.63. The Morgan fingerprint density at radius 3 is 2.70 bits per heavy atom. The van der Waals surface area contributed by atoms with Gasteiger partial charge in [-0.15, -0.1) is 0 Å². The van der Waals surface area contributed by atoms with Gasteiger partial charge in [-0.1, -0.05) is 18.2 Å². The number of carbonyl (C=O) groups excluding carboxylic acids is 1. The largest absolute Gasteiger partial charge is 0.479 e. The molecule has 1 aromatic rings. The summed E-state index contributed by atoms with van der Waals surface area (Å²) in [6, 6.07) is 5.89. The van der Waals surface area contributed by atoms with Crippen molar-refractivity contribution in [1.82, 2.24) is 10.2 Å². The molecule has 2 N–H and O–H groups in total. The standard InChI is InChI=1S/C14H15N3O3/c18-13-11(14(19)20)16-10-4-2-1-3-9(10)12(13)17-7-5-15-6-8-17/h1-4,11,15H,5-8H2,(H,19,20). The molecule has 0 amide bonds. The maximum Gasteiger partial charge on any atom is 0.336 e. The molecule has 0 saturated carbocycles. The van der Waals surface area contributed by atoms with E-state index in [1.54, 1.807) is 12.1 Å². The fraction of sp³-hybridized carbons (Fsp3) is 0.357. The molecule has 2 heterocycles. The van der Waals surface area contributed by atoms with Gasteiger partial charge in [0.25, 0.3) is 0 Å². The number of aliphatic carboxylic acids is 1. The van der Waals surface area contributed by atoms with Gasteiger partial charge in [0.1, 0.15) is 0 Å². The van der Waals surface area contributed by atoms with Crippen molar-refractivity contribution >= 4 is 17.4 Å². The normalized spacial score (nSPS) is 22.2. The molecule has 20 heavy (non-hydrogen) atoms. The molecule has 1 fully saturated rings. The van der Waals surface area contributed by atoms with Crippen molar-refractivity contribution in [3.05, 3.63) is 34.8 Å². The summed E-state index contributed by atoms with van der Waals surface area (Å²) in [4.78, 5) is 29.7. The number of piperazine rings is 1. The highest BCUT2D eigenvalue weighted by molar-refractivity contribution is 6.24. The topological polar surface area (TPSA) is 82.0 Å². The lowest BCUT2D eigenvalue weighted by atomic mass is 10.0. The first-order valence-corrected chi connectivity index (χ1v) is 6.58. The van der Waals surface area contributed by atoms with Crippen molar-refractivity contribution in [1.29, 1.82) is 0 Å². The number of fused-ring (bicyclic) bond motifs is 1. The van der Waals surface area contributed by atoms with E-state index in [1.165, 1.54) is 0 Å². The Bertz CT molecular complexity index is 677. The van der Waals surface area contributed by atoms with Crippen LogP contribution in [0.3, 0.4) is 0 Å². The summed E-state index contributed by atoms with van der Waals surface area (Å²) in [5.41, 5.74) is 0.490. The molecule has 1 unspecified atom stereocenters. The molecule has 3 rings (SSSR count). The molecule has 2 aliphatic rings. The van der Waals surface area contributed by atoms with Crippen LogP contribution in [0.15, 0.2) is 29.3 Å². The third kappa shape index (κ3) is 2.08. The van der Waals surface area contributed by atoms with Crippen LogP contribution in [-0.4, -0.2) is 54.0 Å². The molecular formula is C14H15N3O3. The molecule has 6 nitrogen and oxygen atoms in total. The monoisotopic (exact) mass is 273 g/mol. The van der Waals surface area contributed by atoms with Gasteiger partial charge in [0.2, 0.25) is 11.8 Å². The van der Waals surface area contributed by atoms with Gasteiger partial charge in [-0.25, -0.2) is 4.79 Å². The van der Waals surface area contributed by atoms with Gasteiger partial charge in [-0.05, 0) is 6.07 Å². The third-order valence-electron chi connectivity index (χ3n) is 3.58. The number of nitrogens with zero attached hydrogens (tertiary/aromatic N) is 2. The second kappa shape index (κ2) is 5.05. The highest BCUT2D eigenvalue weighted by atomic mass is 16.4. The number of benzene rings is 1. The van der Waals surface area contributed by atoms with Crippen LogP contribution in [0.4, 0.5) is 0 Å². The van der Waals surface area contributed by atoms with Crippen LogP contribution >= 0.6 is 0 Å². The Morgan fingerprint density at radius 2 is 2.00 bits per heavy atom. The smallest absolute Gasteiger partial charge is 0.336 e. The summed E-state index contributed by atoms with van der Waals surface area (Å²) >= 11 is 0. The van der Waals surface area contributed by atoms with Crippen molar-refractivity contribution < 1.29 is 14.7 Å². The second-order valence-corrected chi connectivity index (χ2v) is 4.84. The van der Waals surface area contributed by atoms with Crippen molar-refractivity contribution in [3.8, 4) is 0 Å². The molecule has 6 heteroatoms. The number of Topliss-reactive ketones (excluding diaryl/α,β-unsaturated/α-hetero) is 1. The zero-order valence-electron chi connectivity index (χ0n) is 10.9. The minimum absolute atomic E-state index is 0.418. The lowest BCUT2D eigenvalue weighted by Crippen LogP contribution is -2.52. The van der Waals surface area contributed by atoms with Gasteiger partial charge in [0.15, 0.2) is 0 Å². The van der Waals surface area contributed by atoms with Gasteiger partial charge < -0.3 is 15.3 Å². The minimum atomic E-state index is -1.32. The Balaban J connectivity index is 2.19. The highest BCUT2D eigenvalue weighted by Crippen LogP contribution is 2.13. The quantitative estimate of drug-likeness (QED) is 0.631. The maximum absolute atomic E-state index is 12.5. The Hall–Kier alpha value is -2.21. The number of para-hydroxylation sites is 1. The number of hydrogen-bond donors (Lipinski definition) is 2. The van der Waals surface area contributed by atoms with Crippen LogP contribution < -0.4 is 15.9 Å². The number of ketones is 1. The van der Waals surface area contributed by atoms with Crippen molar-refractivity contribution in [2.75, 3.05) is 26.2 Å². The van der Waals surface area contributed by atoms with Crippen LogP contribution in [0.2, 0.25) is 0 Å². The number of carboxylic acids is 1. The predicted octanol–water partition coefficient (Wildman–Crippen LogP) is -1.64. The molecule has 1 saturated heterocycles. The van der Waals surface area contributed by atoms with E-state index in [0.29, 0.717) is 24.1 Å². The molecule has 2 aliphatic heterocycles. The zero-order chi connectivity index (χ0) is 14.1. The average Bonchev–Trinajstić information content (AvgIpc) is 2.47. The summed E-state index contributed by atoms with van der Waals surface area (Å²) in [7, 11) is 0. The van der Waals surface area contributed by atoms with Gasteiger partial charge in [-0.2, -0.15) is 0 Å². The molecule has 1 atom stereocenters. The van der Waals surface area contributed by atoms with E-state index in [2.05, 4.69) is 10.3 Å². The summed E-state index contributed by atoms with van der Waals surface area (Å²) in [5.74, 6) is -1.62. The lowest BCUT2D eigenvalue weighted by molar-refractivity contribution is -0.141. The molecule has 0 bridgehead atoms. The van der Waals surface area contributed by atoms with Gasteiger partial charge in [0.05, 0.1) is 11.1 Å². The summed E-state index contributed by atoms with van der Waals surface area (Å²) in [6.45, 7) is 2.96. The molecule has 1 aromatic carbocycles. The summed E-state index contributed by atoms with van der Waals surface area (Å²) in [6.07, 6.45) is 0. The van der Waals surface area contributed by atoms with E-state index >= 15 is 0 Å². The first-order valence-electron chi connectivity index (χ1n) is 6.58. The van der Waals surface area contributed by atoms with Crippen LogP contribution in [0.25, 0.3) is 5.70 Å². The molecule has 104 valence electrons.